The highest BCUT2D eigenvalue weighted by molar-refractivity contribution is 14.1. The van der Waals surface area contributed by atoms with E-state index in [4.69, 9.17) is 16.3 Å². The molecule has 15 heavy (non-hydrogen) atoms. The van der Waals surface area contributed by atoms with Crippen LogP contribution in [0.25, 0.3) is 0 Å². The van der Waals surface area contributed by atoms with Gasteiger partial charge in [-0.15, -0.1) is 0 Å². The third-order valence-electron chi connectivity index (χ3n) is 1.79. The van der Waals surface area contributed by atoms with Gasteiger partial charge in [0.2, 0.25) is 0 Å². The van der Waals surface area contributed by atoms with Crippen LogP contribution in [0.3, 0.4) is 0 Å². The average molecular weight is 340 g/mol. The molecule has 82 valence electrons. The van der Waals surface area contributed by atoms with E-state index in [1.54, 1.807) is 18.2 Å². The summed E-state index contributed by atoms with van der Waals surface area (Å²) in [6.07, 6.45) is 0. The van der Waals surface area contributed by atoms with E-state index in [1.807, 2.05) is 0 Å². The first-order valence-electron chi connectivity index (χ1n) is 4.36. The van der Waals surface area contributed by atoms with Gasteiger partial charge in [-0.2, -0.15) is 0 Å². The first kappa shape index (κ1) is 12.6. The molecule has 1 N–H and O–H groups in total. The molecule has 0 fully saturated rings. The molecule has 0 bridgehead atoms. The van der Waals surface area contributed by atoms with Crippen LogP contribution >= 0.6 is 34.2 Å². The van der Waals surface area contributed by atoms with Crippen LogP contribution in [-0.2, 0) is 0 Å². The number of nitrogens with one attached hydrogen (secondary N) is 1. The molecule has 0 aliphatic rings. The fourth-order valence-corrected chi connectivity index (χ4v) is 1.56. The first-order chi connectivity index (χ1) is 7.19. The highest BCUT2D eigenvalue weighted by Crippen LogP contribution is 2.22. The van der Waals surface area contributed by atoms with E-state index in [-0.39, 0.29) is 5.91 Å². The molecule has 0 saturated heterocycles. The zero-order valence-electron chi connectivity index (χ0n) is 8.22. The molecule has 0 aliphatic heterocycles. The van der Waals surface area contributed by atoms with Crippen molar-refractivity contribution < 1.29 is 9.53 Å². The summed E-state index contributed by atoms with van der Waals surface area (Å²) in [6.45, 7) is 0.634. The van der Waals surface area contributed by atoms with Crippen LogP contribution in [0.4, 0.5) is 0 Å². The lowest BCUT2D eigenvalue weighted by Crippen LogP contribution is -2.25. The maximum absolute atomic E-state index is 11.7. The summed E-state index contributed by atoms with van der Waals surface area (Å²) in [5.41, 5.74) is 0.467. The van der Waals surface area contributed by atoms with Gasteiger partial charge in [0.25, 0.3) is 5.91 Å². The van der Waals surface area contributed by atoms with Gasteiger partial charge >= 0.3 is 0 Å². The summed E-state index contributed by atoms with van der Waals surface area (Å²) in [4.78, 5) is 11.7. The number of ether oxygens (including phenoxy) is 1. The zero-order chi connectivity index (χ0) is 11.3. The standard InChI is InChI=1S/C10H11ClINO2/c1-15-9-3-2-7(11)6-8(9)10(14)13-5-4-12/h2-3,6H,4-5H2,1H3,(H,13,14). The van der Waals surface area contributed by atoms with E-state index in [2.05, 4.69) is 27.9 Å². The second-order valence-corrected chi connectivity index (χ2v) is 4.30. The fourth-order valence-electron chi connectivity index (χ4n) is 1.11. The quantitative estimate of drug-likeness (QED) is 0.676. The summed E-state index contributed by atoms with van der Waals surface area (Å²) < 4.78 is 5.95. The molecule has 0 spiro atoms. The van der Waals surface area contributed by atoms with Crippen molar-refractivity contribution in [2.75, 3.05) is 18.1 Å². The number of methoxy groups -OCH3 is 1. The lowest BCUT2D eigenvalue weighted by Gasteiger charge is -2.08. The SMILES string of the molecule is COc1ccc(Cl)cc1C(=O)NCCI. The monoisotopic (exact) mass is 339 g/mol. The molecule has 5 heteroatoms. The molecular weight excluding hydrogens is 328 g/mol. The molecule has 0 unspecified atom stereocenters. The molecule has 0 aliphatic carbocycles. The molecule has 1 aromatic carbocycles. The van der Waals surface area contributed by atoms with E-state index in [9.17, 15) is 4.79 Å². The summed E-state index contributed by atoms with van der Waals surface area (Å²) in [6, 6.07) is 4.97. The molecule has 1 aromatic rings. The topological polar surface area (TPSA) is 38.3 Å². The summed E-state index contributed by atoms with van der Waals surface area (Å²) in [5.74, 6) is 0.372. The van der Waals surface area contributed by atoms with Gasteiger partial charge in [-0.25, -0.2) is 0 Å². The van der Waals surface area contributed by atoms with Crippen molar-refractivity contribution in [3.63, 3.8) is 0 Å². The highest BCUT2D eigenvalue weighted by Gasteiger charge is 2.11. The van der Waals surface area contributed by atoms with E-state index >= 15 is 0 Å². The van der Waals surface area contributed by atoms with Crippen molar-refractivity contribution in [2.45, 2.75) is 0 Å². The summed E-state index contributed by atoms with van der Waals surface area (Å²) in [5, 5.41) is 3.29. The van der Waals surface area contributed by atoms with Crippen LogP contribution in [0, 0.1) is 0 Å². The van der Waals surface area contributed by atoms with Gasteiger partial charge in [-0.3, -0.25) is 4.79 Å². The molecule has 0 atom stereocenters. The van der Waals surface area contributed by atoms with E-state index in [0.29, 0.717) is 22.9 Å². The van der Waals surface area contributed by atoms with E-state index in [1.165, 1.54) is 7.11 Å². The Hall–Kier alpha value is -0.490. The second kappa shape index (κ2) is 6.17. The predicted molar refractivity (Wildman–Crippen MR) is 69.2 cm³/mol. The van der Waals surface area contributed by atoms with Crippen LogP contribution in [0.1, 0.15) is 10.4 Å². The predicted octanol–water partition coefficient (Wildman–Crippen LogP) is 2.51. The van der Waals surface area contributed by atoms with Crippen LogP contribution in [0.2, 0.25) is 5.02 Å². The fraction of sp³-hybridized carbons (Fsp3) is 0.300. The Morgan fingerprint density at radius 1 is 1.60 bits per heavy atom. The minimum atomic E-state index is -0.161. The van der Waals surface area contributed by atoms with E-state index in [0.717, 1.165) is 4.43 Å². The Kier molecular flexibility index (Phi) is 5.17. The Morgan fingerprint density at radius 2 is 2.33 bits per heavy atom. The largest absolute Gasteiger partial charge is 0.496 e. The Bertz CT molecular complexity index is 357. The number of amides is 1. The van der Waals surface area contributed by atoms with Crippen molar-refractivity contribution in [2.24, 2.45) is 0 Å². The maximum Gasteiger partial charge on any atom is 0.255 e. The van der Waals surface area contributed by atoms with Crippen molar-refractivity contribution in [3.05, 3.63) is 28.8 Å². The molecule has 0 saturated carbocycles. The number of hydrogen-bond acceptors (Lipinski definition) is 2. The normalized spacial score (nSPS) is 9.80. The van der Waals surface area contributed by atoms with Crippen molar-refractivity contribution in [3.8, 4) is 5.75 Å². The third kappa shape index (κ3) is 3.53. The number of benzene rings is 1. The van der Waals surface area contributed by atoms with Crippen LogP contribution < -0.4 is 10.1 Å². The molecular formula is C10H11ClINO2. The zero-order valence-corrected chi connectivity index (χ0v) is 11.1. The van der Waals surface area contributed by atoms with Gasteiger partial charge in [0, 0.05) is 16.0 Å². The van der Waals surface area contributed by atoms with Crippen molar-refractivity contribution in [1.82, 2.24) is 5.32 Å². The van der Waals surface area contributed by atoms with Gasteiger partial charge in [-0.05, 0) is 18.2 Å². The number of alkyl halides is 1. The number of carbonyl (C=O) groups is 1. The van der Waals surface area contributed by atoms with E-state index < -0.39 is 0 Å². The van der Waals surface area contributed by atoms with Gasteiger partial charge in [-0.1, -0.05) is 34.2 Å². The minimum absolute atomic E-state index is 0.161. The molecule has 0 radical (unpaired) electrons. The maximum atomic E-state index is 11.7. The Balaban J connectivity index is 2.90. The van der Waals surface area contributed by atoms with Gasteiger partial charge in [0.05, 0.1) is 12.7 Å². The number of rotatable bonds is 4. The average Bonchev–Trinajstić information content (AvgIpc) is 2.25. The minimum Gasteiger partial charge on any atom is -0.496 e. The summed E-state index contributed by atoms with van der Waals surface area (Å²) in [7, 11) is 1.53. The summed E-state index contributed by atoms with van der Waals surface area (Å²) >= 11 is 8.01. The van der Waals surface area contributed by atoms with Gasteiger partial charge in [0.15, 0.2) is 0 Å². The van der Waals surface area contributed by atoms with Gasteiger partial charge in [0.1, 0.15) is 5.75 Å². The lowest BCUT2D eigenvalue weighted by atomic mass is 10.2. The smallest absolute Gasteiger partial charge is 0.255 e. The van der Waals surface area contributed by atoms with Crippen molar-refractivity contribution in [1.29, 1.82) is 0 Å². The number of hydrogen-bond donors (Lipinski definition) is 1. The Labute approximate surface area is 107 Å². The van der Waals surface area contributed by atoms with Crippen LogP contribution in [-0.4, -0.2) is 24.0 Å². The molecule has 0 aromatic heterocycles. The molecule has 0 heterocycles. The lowest BCUT2D eigenvalue weighted by molar-refractivity contribution is 0.0953. The highest BCUT2D eigenvalue weighted by atomic mass is 127. The molecule has 3 nitrogen and oxygen atoms in total. The first-order valence-corrected chi connectivity index (χ1v) is 6.27. The third-order valence-corrected chi connectivity index (χ3v) is 2.56. The van der Waals surface area contributed by atoms with Crippen LogP contribution in [0.5, 0.6) is 5.75 Å². The number of halogens is 2. The molecule has 1 rings (SSSR count). The Morgan fingerprint density at radius 3 is 2.93 bits per heavy atom. The second-order valence-electron chi connectivity index (χ2n) is 2.79. The number of carbonyl (C=O) groups excluding carboxylic acids is 1. The van der Waals surface area contributed by atoms with Gasteiger partial charge < -0.3 is 10.1 Å². The molecule has 1 amide bonds. The van der Waals surface area contributed by atoms with Crippen molar-refractivity contribution >= 4 is 40.1 Å². The van der Waals surface area contributed by atoms with Crippen LogP contribution in [0.15, 0.2) is 18.2 Å².